The fraction of sp³-hybridized carbons (Fsp3) is 0.667. The maximum Gasteiger partial charge on any atom is 0.220 e. The summed E-state index contributed by atoms with van der Waals surface area (Å²) in [4.78, 5) is 24.3. The molecule has 0 spiro atoms. The number of benzene rings is 1. The fourth-order valence-electron chi connectivity index (χ4n) is 4.48. The molecule has 0 atom stereocenters. The molecule has 3 rings (SSSR count). The van der Waals surface area contributed by atoms with Gasteiger partial charge in [-0.1, -0.05) is 62.8 Å². The van der Waals surface area contributed by atoms with Crippen LogP contribution in [0.4, 0.5) is 0 Å². The molecule has 0 unspecified atom stereocenters. The van der Waals surface area contributed by atoms with Gasteiger partial charge in [-0.05, 0) is 49.7 Å². The highest BCUT2D eigenvalue weighted by atomic mass is 16.2. The normalized spacial score (nSPS) is 18.6. The second-order valence-corrected chi connectivity index (χ2v) is 8.62. The predicted molar refractivity (Wildman–Crippen MR) is 113 cm³/mol. The Labute approximate surface area is 169 Å². The zero-order valence-corrected chi connectivity index (χ0v) is 17.2. The first-order valence-corrected chi connectivity index (χ1v) is 11.4. The summed E-state index contributed by atoms with van der Waals surface area (Å²) in [6.45, 7) is 0. The van der Waals surface area contributed by atoms with Gasteiger partial charge in [0, 0.05) is 24.9 Å². The van der Waals surface area contributed by atoms with Crippen molar-refractivity contribution in [3.05, 3.63) is 35.4 Å². The van der Waals surface area contributed by atoms with Crippen LogP contribution < -0.4 is 10.6 Å². The molecule has 154 valence electrons. The average molecular weight is 385 g/mol. The predicted octanol–water partition coefficient (Wildman–Crippen LogP) is 4.45. The van der Waals surface area contributed by atoms with E-state index in [0.717, 1.165) is 38.5 Å². The Hall–Kier alpha value is -1.84. The molecule has 2 aliphatic rings. The summed E-state index contributed by atoms with van der Waals surface area (Å²) in [5.74, 6) is 0.353. The number of nitrogens with one attached hydrogen (secondary N) is 2. The van der Waals surface area contributed by atoms with Gasteiger partial charge in [-0.25, -0.2) is 0 Å². The van der Waals surface area contributed by atoms with Gasteiger partial charge in [-0.15, -0.1) is 0 Å². The topological polar surface area (TPSA) is 58.2 Å². The van der Waals surface area contributed by atoms with Gasteiger partial charge in [0.25, 0.3) is 0 Å². The van der Waals surface area contributed by atoms with Gasteiger partial charge >= 0.3 is 0 Å². The molecule has 1 aromatic carbocycles. The van der Waals surface area contributed by atoms with E-state index < -0.39 is 0 Å². The summed E-state index contributed by atoms with van der Waals surface area (Å²) in [5.41, 5.74) is 2.38. The third kappa shape index (κ3) is 7.29. The standard InChI is InChI=1S/C24H36N2O2/c27-23(25-21-7-3-1-4-8-21)17-15-19-11-13-20(14-12-19)16-18-24(28)26-22-9-5-2-6-10-22/h11-14,21-22H,1-10,15-18H2,(H,25,27)(H,26,28). The van der Waals surface area contributed by atoms with Gasteiger partial charge in [-0.3, -0.25) is 9.59 Å². The Kier molecular flexibility index (Phi) is 8.38. The van der Waals surface area contributed by atoms with Gasteiger partial charge < -0.3 is 10.6 Å². The summed E-state index contributed by atoms with van der Waals surface area (Å²) in [6, 6.07) is 9.18. The second-order valence-electron chi connectivity index (χ2n) is 8.62. The van der Waals surface area contributed by atoms with Gasteiger partial charge in [0.05, 0.1) is 0 Å². The SMILES string of the molecule is O=C(CCc1ccc(CCC(=O)NC2CCCCC2)cc1)NC1CCCCC1. The highest BCUT2D eigenvalue weighted by molar-refractivity contribution is 5.77. The largest absolute Gasteiger partial charge is 0.353 e. The number of carbonyl (C=O) groups excluding carboxylic acids is 2. The summed E-state index contributed by atoms with van der Waals surface area (Å²) in [6.07, 6.45) is 14.8. The molecule has 1 aromatic rings. The minimum absolute atomic E-state index is 0.176. The van der Waals surface area contributed by atoms with E-state index in [2.05, 4.69) is 34.9 Å². The molecular weight excluding hydrogens is 348 g/mol. The second kappa shape index (κ2) is 11.2. The molecule has 28 heavy (non-hydrogen) atoms. The van der Waals surface area contributed by atoms with Gasteiger partial charge in [0.1, 0.15) is 0 Å². The van der Waals surface area contributed by atoms with Gasteiger partial charge in [0.15, 0.2) is 0 Å². The van der Waals surface area contributed by atoms with Gasteiger partial charge in [0.2, 0.25) is 11.8 Å². The minimum Gasteiger partial charge on any atom is -0.353 e. The molecule has 0 saturated heterocycles. The van der Waals surface area contributed by atoms with Crippen LogP contribution in [0.25, 0.3) is 0 Å². The number of rotatable bonds is 8. The van der Waals surface area contributed by atoms with Crippen LogP contribution in [0.3, 0.4) is 0 Å². The maximum atomic E-state index is 12.1. The summed E-state index contributed by atoms with van der Waals surface area (Å²) in [7, 11) is 0. The smallest absolute Gasteiger partial charge is 0.220 e. The van der Waals surface area contributed by atoms with Crippen molar-refractivity contribution in [2.24, 2.45) is 0 Å². The first kappa shape index (κ1) is 20.9. The van der Waals surface area contributed by atoms with Crippen LogP contribution in [0.2, 0.25) is 0 Å². The lowest BCUT2D eigenvalue weighted by Crippen LogP contribution is -2.36. The Morgan fingerprint density at radius 2 is 1.00 bits per heavy atom. The van der Waals surface area contributed by atoms with E-state index in [1.165, 1.54) is 49.7 Å². The van der Waals surface area contributed by atoms with Crippen molar-refractivity contribution in [3.8, 4) is 0 Å². The van der Waals surface area contributed by atoms with E-state index in [1.807, 2.05) is 0 Å². The summed E-state index contributed by atoms with van der Waals surface area (Å²) in [5, 5.41) is 6.37. The lowest BCUT2D eigenvalue weighted by atomic mass is 9.95. The Morgan fingerprint density at radius 1 is 0.643 bits per heavy atom. The minimum atomic E-state index is 0.176. The van der Waals surface area contributed by atoms with E-state index in [9.17, 15) is 9.59 Å². The molecule has 2 amide bonds. The van der Waals surface area contributed by atoms with Crippen LogP contribution >= 0.6 is 0 Å². The zero-order chi connectivity index (χ0) is 19.6. The summed E-state index contributed by atoms with van der Waals surface area (Å²) < 4.78 is 0. The lowest BCUT2D eigenvalue weighted by Gasteiger charge is -2.22. The van der Waals surface area contributed by atoms with E-state index in [4.69, 9.17) is 0 Å². The van der Waals surface area contributed by atoms with Crippen molar-refractivity contribution < 1.29 is 9.59 Å². The van der Waals surface area contributed by atoms with Crippen molar-refractivity contribution in [1.29, 1.82) is 0 Å². The first-order chi connectivity index (χ1) is 13.7. The van der Waals surface area contributed by atoms with E-state index in [1.54, 1.807) is 0 Å². The molecule has 2 saturated carbocycles. The molecule has 0 heterocycles. The van der Waals surface area contributed by atoms with Crippen molar-refractivity contribution in [3.63, 3.8) is 0 Å². The maximum absolute atomic E-state index is 12.1. The Balaban J connectivity index is 1.33. The number of carbonyl (C=O) groups is 2. The lowest BCUT2D eigenvalue weighted by molar-refractivity contribution is -0.122. The highest BCUT2D eigenvalue weighted by Gasteiger charge is 2.16. The summed E-state index contributed by atoms with van der Waals surface area (Å²) >= 11 is 0. The molecule has 2 aliphatic carbocycles. The third-order valence-electron chi connectivity index (χ3n) is 6.25. The molecule has 4 nitrogen and oxygen atoms in total. The van der Waals surface area contributed by atoms with Crippen LogP contribution in [-0.4, -0.2) is 23.9 Å². The van der Waals surface area contributed by atoms with Crippen LogP contribution in [-0.2, 0) is 22.4 Å². The Morgan fingerprint density at radius 3 is 1.36 bits per heavy atom. The van der Waals surface area contributed by atoms with Crippen molar-refractivity contribution in [2.75, 3.05) is 0 Å². The number of hydrogen-bond donors (Lipinski definition) is 2. The van der Waals surface area contributed by atoms with Crippen molar-refractivity contribution in [2.45, 2.75) is 102 Å². The van der Waals surface area contributed by atoms with Crippen molar-refractivity contribution in [1.82, 2.24) is 10.6 Å². The number of aryl methyl sites for hydroxylation is 2. The van der Waals surface area contributed by atoms with Gasteiger partial charge in [-0.2, -0.15) is 0 Å². The molecule has 2 N–H and O–H groups in total. The van der Waals surface area contributed by atoms with E-state index in [-0.39, 0.29) is 11.8 Å². The van der Waals surface area contributed by atoms with Crippen LogP contribution in [0, 0.1) is 0 Å². The molecule has 4 heteroatoms. The van der Waals surface area contributed by atoms with Crippen LogP contribution in [0.5, 0.6) is 0 Å². The molecule has 0 aliphatic heterocycles. The molecular formula is C24H36N2O2. The van der Waals surface area contributed by atoms with Crippen LogP contribution in [0.15, 0.2) is 24.3 Å². The molecule has 0 aromatic heterocycles. The van der Waals surface area contributed by atoms with Crippen LogP contribution in [0.1, 0.15) is 88.2 Å². The molecule has 0 bridgehead atoms. The first-order valence-electron chi connectivity index (χ1n) is 11.4. The third-order valence-corrected chi connectivity index (χ3v) is 6.25. The van der Waals surface area contributed by atoms with E-state index in [0.29, 0.717) is 24.9 Å². The average Bonchev–Trinajstić information content (AvgIpc) is 2.73. The fourth-order valence-corrected chi connectivity index (χ4v) is 4.48. The number of hydrogen-bond acceptors (Lipinski definition) is 2. The molecule has 2 fully saturated rings. The quantitative estimate of drug-likeness (QED) is 0.696. The number of amides is 2. The molecule has 0 radical (unpaired) electrons. The van der Waals surface area contributed by atoms with Crippen molar-refractivity contribution >= 4 is 11.8 Å². The zero-order valence-electron chi connectivity index (χ0n) is 17.2. The van der Waals surface area contributed by atoms with E-state index >= 15 is 0 Å². The Bertz CT molecular complexity index is 559. The highest BCUT2D eigenvalue weighted by Crippen LogP contribution is 2.18. The monoisotopic (exact) mass is 384 g/mol.